The molecule has 1 nitrogen and oxygen atoms in total. The Hall–Kier alpha value is -0.530. The molecule has 0 radical (unpaired) electrons. The van der Waals surface area contributed by atoms with Crippen molar-refractivity contribution in [3.63, 3.8) is 0 Å². The Labute approximate surface area is 111 Å². The maximum absolute atomic E-state index is 6.18. The highest BCUT2D eigenvalue weighted by molar-refractivity contribution is 6.21. The van der Waals surface area contributed by atoms with E-state index in [0.717, 1.165) is 6.54 Å². The van der Waals surface area contributed by atoms with Crippen LogP contribution in [0.2, 0.25) is 0 Å². The molecule has 96 valence electrons. The molecule has 0 heterocycles. The zero-order valence-electron chi connectivity index (χ0n) is 11.8. The molecular weight excluding hydrogens is 230 g/mol. The molecule has 0 aromatic heterocycles. The molecule has 0 aliphatic rings. The molecule has 0 saturated carbocycles. The number of aryl methyl sites for hydroxylation is 3. The van der Waals surface area contributed by atoms with Crippen molar-refractivity contribution >= 4 is 11.6 Å². The zero-order chi connectivity index (χ0) is 13.2. The van der Waals surface area contributed by atoms with Crippen molar-refractivity contribution in [1.82, 2.24) is 5.32 Å². The Morgan fingerprint density at radius 3 is 2.06 bits per heavy atom. The largest absolute Gasteiger partial charge is 0.306 e. The van der Waals surface area contributed by atoms with E-state index >= 15 is 0 Å². The molecule has 1 atom stereocenters. The van der Waals surface area contributed by atoms with E-state index in [1.807, 2.05) is 6.92 Å². The Bertz CT molecular complexity index is 371. The molecule has 1 aromatic carbocycles. The lowest BCUT2D eigenvalue weighted by atomic mass is 9.97. The summed E-state index contributed by atoms with van der Waals surface area (Å²) in [6.45, 7) is 13.7. The molecule has 0 bridgehead atoms. The third kappa shape index (κ3) is 3.72. The summed E-state index contributed by atoms with van der Waals surface area (Å²) in [7, 11) is 0. The van der Waals surface area contributed by atoms with E-state index in [9.17, 15) is 0 Å². The fraction of sp³-hybridized carbons (Fsp3) is 0.600. The minimum Gasteiger partial charge on any atom is -0.306 e. The maximum Gasteiger partial charge on any atom is 0.0484 e. The smallest absolute Gasteiger partial charge is 0.0484 e. The molecule has 0 aliphatic carbocycles. The summed E-state index contributed by atoms with van der Waals surface area (Å²) < 4.78 is 0. The summed E-state index contributed by atoms with van der Waals surface area (Å²) in [6.07, 6.45) is 0. The van der Waals surface area contributed by atoms with Gasteiger partial charge in [0, 0.05) is 17.5 Å². The molecule has 1 aromatic rings. The van der Waals surface area contributed by atoms with Gasteiger partial charge in [0.05, 0.1) is 0 Å². The first-order valence-corrected chi connectivity index (χ1v) is 6.63. The summed E-state index contributed by atoms with van der Waals surface area (Å²) in [5.74, 6) is 0. The van der Waals surface area contributed by atoms with Gasteiger partial charge in [-0.3, -0.25) is 0 Å². The summed E-state index contributed by atoms with van der Waals surface area (Å²) in [4.78, 5) is 0. The minimum atomic E-state index is -0.0503. The first-order valence-electron chi connectivity index (χ1n) is 6.20. The van der Waals surface area contributed by atoms with Crippen LogP contribution >= 0.6 is 11.6 Å². The first-order chi connectivity index (χ1) is 7.74. The van der Waals surface area contributed by atoms with Crippen LogP contribution in [-0.4, -0.2) is 10.9 Å². The van der Waals surface area contributed by atoms with Crippen LogP contribution in [-0.2, 0) is 6.54 Å². The molecule has 0 amide bonds. The van der Waals surface area contributed by atoms with Crippen molar-refractivity contribution in [3.05, 3.63) is 34.4 Å². The molecule has 1 unspecified atom stereocenters. The lowest BCUT2D eigenvalue weighted by Crippen LogP contribution is -2.45. The van der Waals surface area contributed by atoms with Crippen LogP contribution in [0.3, 0.4) is 0 Å². The standard InChI is InChI=1S/C15H24ClN/c1-10-7-11(2)14(12(3)8-10)9-17-15(5,6)13(4)16/h7-8,13,17H,9H2,1-6H3. The Kier molecular flexibility index (Phi) is 4.62. The van der Waals surface area contributed by atoms with Gasteiger partial charge in [0.25, 0.3) is 0 Å². The second kappa shape index (κ2) is 5.41. The Balaban J connectivity index is 2.83. The van der Waals surface area contributed by atoms with Gasteiger partial charge in [-0.1, -0.05) is 17.7 Å². The van der Waals surface area contributed by atoms with Gasteiger partial charge in [-0.2, -0.15) is 0 Å². The van der Waals surface area contributed by atoms with E-state index in [2.05, 4.69) is 52.1 Å². The summed E-state index contributed by atoms with van der Waals surface area (Å²) in [5.41, 5.74) is 5.38. The predicted molar refractivity (Wildman–Crippen MR) is 76.9 cm³/mol. The van der Waals surface area contributed by atoms with E-state index in [1.54, 1.807) is 0 Å². The molecule has 0 saturated heterocycles. The van der Waals surface area contributed by atoms with Crippen molar-refractivity contribution < 1.29 is 0 Å². The van der Waals surface area contributed by atoms with E-state index < -0.39 is 0 Å². The normalized spacial score (nSPS) is 13.8. The molecule has 0 aliphatic heterocycles. The van der Waals surface area contributed by atoms with Crippen LogP contribution in [0.15, 0.2) is 12.1 Å². The van der Waals surface area contributed by atoms with Gasteiger partial charge in [-0.25, -0.2) is 0 Å². The quantitative estimate of drug-likeness (QED) is 0.797. The Morgan fingerprint density at radius 1 is 1.18 bits per heavy atom. The highest BCUT2D eigenvalue weighted by atomic mass is 35.5. The number of halogens is 1. The van der Waals surface area contributed by atoms with E-state index in [1.165, 1.54) is 22.3 Å². The fourth-order valence-electron chi connectivity index (χ4n) is 1.95. The number of rotatable bonds is 4. The first kappa shape index (κ1) is 14.5. The number of hydrogen-bond acceptors (Lipinski definition) is 1. The number of alkyl halides is 1. The third-order valence-corrected chi connectivity index (χ3v) is 4.10. The topological polar surface area (TPSA) is 12.0 Å². The highest BCUT2D eigenvalue weighted by Gasteiger charge is 2.23. The van der Waals surface area contributed by atoms with E-state index in [-0.39, 0.29) is 10.9 Å². The molecule has 17 heavy (non-hydrogen) atoms. The fourth-order valence-corrected chi connectivity index (χ4v) is 2.02. The lowest BCUT2D eigenvalue weighted by Gasteiger charge is -2.30. The van der Waals surface area contributed by atoms with E-state index in [4.69, 9.17) is 11.6 Å². The minimum absolute atomic E-state index is 0.0503. The molecule has 2 heteroatoms. The maximum atomic E-state index is 6.18. The van der Waals surface area contributed by atoms with Gasteiger partial charge in [0.2, 0.25) is 0 Å². The van der Waals surface area contributed by atoms with Crippen LogP contribution in [0.1, 0.15) is 43.0 Å². The van der Waals surface area contributed by atoms with Crippen molar-refractivity contribution in [2.75, 3.05) is 0 Å². The molecule has 0 spiro atoms. The summed E-state index contributed by atoms with van der Waals surface area (Å²) in [5, 5.41) is 3.65. The third-order valence-electron chi connectivity index (χ3n) is 3.56. The van der Waals surface area contributed by atoms with Gasteiger partial charge in [0.1, 0.15) is 0 Å². The van der Waals surface area contributed by atoms with Crippen LogP contribution in [0.4, 0.5) is 0 Å². The average molecular weight is 254 g/mol. The van der Waals surface area contributed by atoms with Gasteiger partial charge in [-0.15, -0.1) is 11.6 Å². The number of hydrogen-bond donors (Lipinski definition) is 1. The summed E-state index contributed by atoms with van der Waals surface area (Å²) >= 11 is 6.18. The van der Waals surface area contributed by atoms with Crippen LogP contribution in [0.25, 0.3) is 0 Å². The van der Waals surface area contributed by atoms with Gasteiger partial charge in [0.15, 0.2) is 0 Å². The summed E-state index contributed by atoms with van der Waals surface area (Å²) in [6, 6.07) is 4.47. The average Bonchev–Trinajstić information content (AvgIpc) is 2.15. The molecule has 0 fully saturated rings. The highest BCUT2D eigenvalue weighted by Crippen LogP contribution is 2.19. The van der Waals surface area contributed by atoms with Gasteiger partial charge < -0.3 is 5.32 Å². The van der Waals surface area contributed by atoms with Crippen molar-refractivity contribution in [1.29, 1.82) is 0 Å². The van der Waals surface area contributed by atoms with Crippen LogP contribution < -0.4 is 5.32 Å². The molecule has 1 N–H and O–H groups in total. The Morgan fingerprint density at radius 2 is 1.65 bits per heavy atom. The van der Waals surface area contributed by atoms with Crippen LogP contribution in [0.5, 0.6) is 0 Å². The molecular formula is C15H24ClN. The number of nitrogens with one attached hydrogen (secondary N) is 1. The van der Waals surface area contributed by atoms with Gasteiger partial charge >= 0.3 is 0 Å². The second-order valence-electron chi connectivity index (χ2n) is 5.57. The van der Waals surface area contributed by atoms with E-state index in [0.29, 0.717) is 0 Å². The predicted octanol–water partition coefficient (Wildman–Crippen LogP) is 4.11. The zero-order valence-corrected chi connectivity index (χ0v) is 12.6. The molecule has 1 rings (SSSR count). The van der Waals surface area contributed by atoms with Gasteiger partial charge in [-0.05, 0) is 58.2 Å². The SMILES string of the molecule is Cc1cc(C)c(CNC(C)(C)C(C)Cl)c(C)c1. The monoisotopic (exact) mass is 253 g/mol. The lowest BCUT2D eigenvalue weighted by molar-refractivity contribution is 0.379. The van der Waals surface area contributed by atoms with Crippen LogP contribution in [0, 0.1) is 20.8 Å². The van der Waals surface area contributed by atoms with Crippen molar-refractivity contribution in [2.24, 2.45) is 0 Å². The number of benzene rings is 1. The van der Waals surface area contributed by atoms with Crippen molar-refractivity contribution in [3.8, 4) is 0 Å². The second-order valence-corrected chi connectivity index (χ2v) is 6.22. The van der Waals surface area contributed by atoms with Crippen molar-refractivity contribution in [2.45, 2.75) is 59.0 Å².